The molecule has 1 saturated carbocycles. The van der Waals surface area contributed by atoms with Gasteiger partial charge in [0, 0.05) is 17.3 Å². The fourth-order valence-electron chi connectivity index (χ4n) is 4.03. The van der Waals surface area contributed by atoms with Crippen molar-refractivity contribution in [2.75, 3.05) is 18.4 Å². The molecule has 1 spiro atoms. The second kappa shape index (κ2) is 6.81. The summed E-state index contributed by atoms with van der Waals surface area (Å²) in [7, 11) is 0. The molecule has 1 unspecified atom stereocenters. The molecule has 2 aromatic rings. The van der Waals surface area contributed by atoms with E-state index in [1.807, 2.05) is 42.8 Å². The van der Waals surface area contributed by atoms with Gasteiger partial charge in [-0.05, 0) is 75.9 Å². The van der Waals surface area contributed by atoms with Crippen molar-refractivity contribution < 1.29 is 4.79 Å². The maximum absolute atomic E-state index is 12.6. The number of benzene rings is 1. The predicted molar refractivity (Wildman–Crippen MR) is 102 cm³/mol. The molecule has 4 rings (SSSR count). The van der Waals surface area contributed by atoms with Crippen LogP contribution in [0.15, 0.2) is 30.3 Å². The number of anilines is 1. The normalized spacial score (nSPS) is 20.8. The van der Waals surface area contributed by atoms with Gasteiger partial charge in [0.1, 0.15) is 0 Å². The van der Waals surface area contributed by atoms with Crippen LogP contribution in [0.2, 0.25) is 0 Å². The third-order valence-electron chi connectivity index (χ3n) is 5.47. The number of hydrogen-bond donors (Lipinski definition) is 2. The Labute approximate surface area is 154 Å². The first kappa shape index (κ1) is 18.0. The van der Waals surface area contributed by atoms with Crippen molar-refractivity contribution in [3.63, 3.8) is 0 Å². The van der Waals surface area contributed by atoms with Crippen molar-refractivity contribution in [2.24, 2.45) is 11.3 Å². The maximum atomic E-state index is 12.6. The summed E-state index contributed by atoms with van der Waals surface area (Å²) in [6.07, 6.45) is 3.28. The van der Waals surface area contributed by atoms with E-state index in [2.05, 4.69) is 21.8 Å². The summed E-state index contributed by atoms with van der Waals surface area (Å²) in [6.45, 7) is 6.10. The molecule has 1 aromatic carbocycles. The topological polar surface area (TPSA) is 59.0 Å². The number of nitrogens with one attached hydrogen (secondary N) is 2. The third-order valence-corrected chi connectivity index (χ3v) is 5.47. The van der Waals surface area contributed by atoms with Gasteiger partial charge in [-0.3, -0.25) is 4.79 Å². The van der Waals surface area contributed by atoms with Gasteiger partial charge in [0.05, 0.1) is 11.4 Å². The van der Waals surface area contributed by atoms with E-state index in [0.29, 0.717) is 0 Å². The number of rotatable bonds is 3. The van der Waals surface area contributed by atoms with Gasteiger partial charge in [0.2, 0.25) is 5.91 Å². The number of nitrogens with zero attached hydrogens (tertiary/aromatic N) is 2. The van der Waals surface area contributed by atoms with Crippen LogP contribution in [0.3, 0.4) is 0 Å². The van der Waals surface area contributed by atoms with Crippen molar-refractivity contribution >= 4 is 24.0 Å². The Morgan fingerprint density at radius 2 is 2.04 bits per heavy atom. The molecule has 5 nitrogen and oxygen atoms in total. The molecule has 2 N–H and O–H groups in total. The molecule has 134 valence electrons. The third kappa shape index (κ3) is 3.44. The van der Waals surface area contributed by atoms with Gasteiger partial charge in [0.15, 0.2) is 0 Å². The van der Waals surface area contributed by atoms with Crippen molar-refractivity contribution in [3.8, 4) is 5.69 Å². The Hall–Kier alpha value is -1.85. The second-order valence-electron chi connectivity index (χ2n) is 7.25. The number of aromatic nitrogens is 2. The molecule has 1 aromatic heterocycles. The van der Waals surface area contributed by atoms with E-state index in [1.54, 1.807) is 0 Å². The van der Waals surface area contributed by atoms with Crippen LogP contribution < -0.4 is 10.6 Å². The van der Waals surface area contributed by atoms with Crippen LogP contribution in [0.4, 0.5) is 5.69 Å². The van der Waals surface area contributed by atoms with E-state index in [0.717, 1.165) is 55.1 Å². The molecule has 0 bridgehead atoms. The van der Waals surface area contributed by atoms with Crippen LogP contribution >= 0.6 is 12.4 Å². The van der Waals surface area contributed by atoms with Crippen LogP contribution in [0.1, 0.15) is 30.7 Å². The van der Waals surface area contributed by atoms with Gasteiger partial charge in [0.25, 0.3) is 0 Å². The molecular weight excluding hydrogens is 336 g/mol. The average Bonchev–Trinajstić information content (AvgIpc) is 3.14. The molecule has 25 heavy (non-hydrogen) atoms. The lowest BCUT2D eigenvalue weighted by Gasteiger charge is -2.23. The molecule has 2 heterocycles. The van der Waals surface area contributed by atoms with Gasteiger partial charge in [-0.2, -0.15) is 5.10 Å². The molecule has 1 amide bonds. The fourth-order valence-corrected chi connectivity index (χ4v) is 4.03. The summed E-state index contributed by atoms with van der Waals surface area (Å²) in [5, 5.41) is 11.0. The first-order valence-electron chi connectivity index (χ1n) is 8.73. The minimum Gasteiger partial charge on any atom is -0.326 e. The first-order valence-corrected chi connectivity index (χ1v) is 8.73. The Balaban J connectivity index is 0.00000182. The van der Waals surface area contributed by atoms with Crippen molar-refractivity contribution in [3.05, 3.63) is 41.7 Å². The zero-order valence-corrected chi connectivity index (χ0v) is 15.5. The zero-order valence-electron chi connectivity index (χ0n) is 14.7. The van der Waals surface area contributed by atoms with Crippen molar-refractivity contribution in [1.82, 2.24) is 15.1 Å². The summed E-state index contributed by atoms with van der Waals surface area (Å²) in [4.78, 5) is 12.6. The smallest absolute Gasteiger partial charge is 0.228 e. The predicted octanol–water partition coefficient (Wildman–Crippen LogP) is 3.24. The molecule has 1 saturated heterocycles. The van der Waals surface area contributed by atoms with Gasteiger partial charge >= 0.3 is 0 Å². The highest BCUT2D eigenvalue weighted by molar-refractivity contribution is 5.95. The quantitative estimate of drug-likeness (QED) is 0.883. The lowest BCUT2D eigenvalue weighted by atomic mass is 9.92. The highest BCUT2D eigenvalue weighted by atomic mass is 35.5. The molecular formula is C19H25ClN4O. The molecule has 0 radical (unpaired) electrons. The summed E-state index contributed by atoms with van der Waals surface area (Å²) in [5.74, 6) is 0.347. The molecule has 1 atom stereocenters. The number of halogens is 1. The molecule has 6 heteroatoms. The molecule has 1 aliphatic carbocycles. The molecule has 2 aliphatic rings. The summed E-state index contributed by atoms with van der Waals surface area (Å²) in [5.41, 5.74) is 4.18. The minimum atomic E-state index is 0. The number of piperidine rings is 1. The first-order chi connectivity index (χ1) is 11.6. The van der Waals surface area contributed by atoms with Gasteiger partial charge in [-0.15, -0.1) is 12.4 Å². The van der Waals surface area contributed by atoms with E-state index in [-0.39, 0.29) is 29.6 Å². The number of amides is 1. The van der Waals surface area contributed by atoms with Gasteiger partial charge in [-0.25, -0.2) is 4.68 Å². The van der Waals surface area contributed by atoms with Crippen LogP contribution in [0, 0.1) is 25.2 Å². The monoisotopic (exact) mass is 360 g/mol. The Kier molecular flexibility index (Phi) is 4.89. The van der Waals surface area contributed by atoms with Gasteiger partial charge in [-0.1, -0.05) is 6.07 Å². The Morgan fingerprint density at radius 1 is 1.28 bits per heavy atom. The average molecular weight is 361 g/mol. The maximum Gasteiger partial charge on any atom is 0.228 e. The van der Waals surface area contributed by atoms with E-state index in [1.165, 1.54) is 0 Å². The van der Waals surface area contributed by atoms with E-state index >= 15 is 0 Å². The lowest BCUT2D eigenvalue weighted by Crippen LogP contribution is -2.31. The number of aryl methyl sites for hydroxylation is 2. The number of carbonyl (C=O) groups excluding carboxylic acids is 1. The summed E-state index contributed by atoms with van der Waals surface area (Å²) < 4.78 is 1.91. The molecule has 2 fully saturated rings. The SMILES string of the molecule is Cc1cc(C)n(-c2cccc(NC(=O)C3CC34CCNCC4)c2)n1.Cl. The van der Waals surface area contributed by atoms with E-state index in [4.69, 9.17) is 0 Å². The summed E-state index contributed by atoms with van der Waals surface area (Å²) >= 11 is 0. The van der Waals surface area contributed by atoms with Crippen LogP contribution in [-0.2, 0) is 4.79 Å². The number of carbonyl (C=O) groups is 1. The minimum absolute atomic E-state index is 0. The van der Waals surface area contributed by atoms with Crippen molar-refractivity contribution in [1.29, 1.82) is 0 Å². The highest BCUT2D eigenvalue weighted by Crippen LogP contribution is 2.58. The summed E-state index contributed by atoms with van der Waals surface area (Å²) in [6, 6.07) is 9.98. The van der Waals surface area contributed by atoms with Gasteiger partial charge < -0.3 is 10.6 Å². The van der Waals surface area contributed by atoms with Crippen molar-refractivity contribution in [2.45, 2.75) is 33.1 Å². The lowest BCUT2D eigenvalue weighted by molar-refractivity contribution is -0.118. The van der Waals surface area contributed by atoms with E-state index < -0.39 is 0 Å². The van der Waals surface area contributed by atoms with E-state index in [9.17, 15) is 4.79 Å². The fraction of sp³-hybridized carbons (Fsp3) is 0.474. The standard InChI is InChI=1S/C19H24N4O.ClH/c1-13-10-14(2)23(22-13)16-5-3-4-15(11-16)21-18(24)17-12-19(17)6-8-20-9-7-19;/h3-5,10-11,17,20H,6-9,12H2,1-2H3,(H,21,24);1H. The van der Waals surface area contributed by atoms with Crippen LogP contribution in [0.25, 0.3) is 5.69 Å². The Morgan fingerprint density at radius 3 is 2.72 bits per heavy atom. The van der Waals surface area contributed by atoms with Crippen LogP contribution in [-0.4, -0.2) is 28.8 Å². The second-order valence-corrected chi connectivity index (χ2v) is 7.25. The largest absolute Gasteiger partial charge is 0.326 e. The van der Waals surface area contributed by atoms with Crippen LogP contribution in [0.5, 0.6) is 0 Å². The molecule has 1 aliphatic heterocycles. The zero-order chi connectivity index (χ0) is 16.7. The number of hydrogen-bond acceptors (Lipinski definition) is 3. The highest BCUT2D eigenvalue weighted by Gasteiger charge is 2.57. The Bertz CT molecular complexity index is 779.